The summed E-state index contributed by atoms with van der Waals surface area (Å²) in [6.07, 6.45) is 5.20. The Morgan fingerprint density at radius 3 is 2.76 bits per heavy atom. The van der Waals surface area contributed by atoms with E-state index in [1.807, 2.05) is 12.1 Å². The van der Waals surface area contributed by atoms with E-state index in [1.54, 1.807) is 12.4 Å². The Morgan fingerprint density at radius 1 is 1.18 bits per heavy atom. The summed E-state index contributed by atoms with van der Waals surface area (Å²) in [6.45, 7) is 0. The standard InChI is InChI=1S/C13H11ClN3/c14-11-3-2-9-7-12(8-10(9)6-11)17-13-15-4-1-5-16-13/h2-6,12H,7-8H2,(H,15,16,17)/t12-/m1/s1. The van der Waals surface area contributed by atoms with Crippen LogP contribution < -0.4 is 5.32 Å². The van der Waals surface area contributed by atoms with E-state index in [0.717, 1.165) is 17.9 Å². The quantitative estimate of drug-likeness (QED) is 0.882. The molecule has 0 unspecified atom stereocenters. The zero-order chi connectivity index (χ0) is 11.7. The van der Waals surface area contributed by atoms with Gasteiger partial charge >= 0.3 is 0 Å². The van der Waals surface area contributed by atoms with Crippen molar-refractivity contribution >= 4 is 17.5 Å². The Hall–Kier alpha value is -1.61. The molecular formula is C13H11ClN3. The van der Waals surface area contributed by atoms with Crippen LogP contribution >= 0.6 is 11.6 Å². The molecule has 17 heavy (non-hydrogen) atoms. The molecule has 1 radical (unpaired) electrons. The number of nitrogens with zero attached hydrogens (tertiary/aromatic N) is 2. The van der Waals surface area contributed by atoms with Crippen molar-refractivity contribution in [3.63, 3.8) is 0 Å². The Balaban J connectivity index is 1.74. The number of halogens is 1. The van der Waals surface area contributed by atoms with Gasteiger partial charge in [-0.15, -0.1) is 0 Å². The summed E-state index contributed by atoms with van der Waals surface area (Å²) < 4.78 is 0. The first-order chi connectivity index (χ1) is 8.31. The van der Waals surface area contributed by atoms with E-state index >= 15 is 0 Å². The fourth-order valence-electron chi connectivity index (χ4n) is 2.21. The second-order valence-corrected chi connectivity index (χ2v) is 4.61. The predicted molar refractivity (Wildman–Crippen MR) is 67.1 cm³/mol. The van der Waals surface area contributed by atoms with Crippen LogP contribution in [0.4, 0.5) is 5.95 Å². The van der Waals surface area contributed by atoms with E-state index in [2.05, 4.69) is 27.4 Å². The molecular weight excluding hydrogens is 234 g/mol. The minimum atomic E-state index is 0.353. The molecule has 1 N–H and O–H groups in total. The van der Waals surface area contributed by atoms with Crippen LogP contribution in [0.3, 0.4) is 0 Å². The summed E-state index contributed by atoms with van der Waals surface area (Å²) in [5.74, 6) is 0.660. The number of hydrogen-bond donors (Lipinski definition) is 1. The van der Waals surface area contributed by atoms with Crippen molar-refractivity contribution in [3.05, 3.63) is 52.8 Å². The summed E-state index contributed by atoms with van der Waals surface area (Å²) in [5, 5.41) is 4.12. The van der Waals surface area contributed by atoms with Crippen molar-refractivity contribution in [3.8, 4) is 0 Å². The molecule has 85 valence electrons. The van der Waals surface area contributed by atoms with Gasteiger partial charge in [-0.1, -0.05) is 17.7 Å². The highest BCUT2D eigenvalue weighted by Gasteiger charge is 2.21. The van der Waals surface area contributed by atoms with Crippen molar-refractivity contribution in [1.29, 1.82) is 0 Å². The van der Waals surface area contributed by atoms with Crippen molar-refractivity contribution < 1.29 is 0 Å². The van der Waals surface area contributed by atoms with Gasteiger partial charge in [-0.3, -0.25) is 0 Å². The van der Waals surface area contributed by atoms with Gasteiger partial charge in [0.15, 0.2) is 0 Å². The molecule has 1 atom stereocenters. The Labute approximate surface area is 105 Å². The second-order valence-electron chi connectivity index (χ2n) is 4.17. The van der Waals surface area contributed by atoms with E-state index in [-0.39, 0.29) is 0 Å². The maximum Gasteiger partial charge on any atom is 0.222 e. The zero-order valence-corrected chi connectivity index (χ0v) is 9.91. The largest absolute Gasteiger partial charge is 0.351 e. The Bertz CT molecular complexity index is 527. The lowest BCUT2D eigenvalue weighted by Gasteiger charge is -2.10. The Kier molecular flexibility index (Phi) is 2.69. The normalized spacial score (nSPS) is 17.8. The molecule has 0 fully saturated rings. The molecule has 0 amide bonds. The lowest BCUT2D eigenvalue weighted by atomic mass is 10.1. The van der Waals surface area contributed by atoms with E-state index in [9.17, 15) is 0 Å². The lowest BCUT2D eigenvalue weighted by molar-refractivity contribution is 0.761. The van der Waals surface area contributed by atoms with Gasteiger partial charge in [0.25, 0.3) is 0 Å². The van der Waals surface area contributed by atoms with Crippen molar-refractivity contribution in [1.82, 2.24) is 9.97 Å². The van der Waals surface area contributed by atoms with Gasteiger partial charge < -0.3 is 5.32 Å². The topological polar surface area (TPSA) is 37.8 Å². The lowest BCUT2D eigenvalue weighted by Crippen LogP contribution is -2.20. The van der Waals surface area contributed by atoms with Gasteiger partial charge in [0.2, 0.25) is 5.95 Å². The van der Waals surface area contributed by atoms with Crippen LogP contribution in [-0.4, -0.2) is 16.0 Å². The van der Waals surface area contributed by atoms with Crippen molar-refractivity contribution in [2.45, 2.75) is 18.9 Å². The monoisotopic (exact) mass is 244 g/mol. The molecule has 3 nitrogen and oxygen atoms in total. The third kappa shape index (κ3) is 2.24. The molecule has 1 aliphatic carbocycles. The maximum absolute atomic E-state index is 5.98. The fourth-order valence-corrected chi connectivity index (χ4v) is 2.40. The third-order valence-corrected chi connectivity index (χ3v) is 3.19. The van der Waals surface area contributed by atoms with Gasteiger partial charge in [0.1, 0.15) is 0 Å². The number of benzene rings is 1. The highest BCUT2D eigenvalue weighted by Crippen LogP contribution is 2.26. The van der Waals surface area contributed by atoms with Crippen LogP contribution in [0.15, 0.2) is 30.6 Å². The molecule has 0 saturated heterocycles. The van der Waals surface area contributed by atoms with Gasteiger partial charge in [0.05, 0.1) is 0 Å². The summed E-state index contributed by atoms with van der Waals surface area (Å²) >= 11 is 5.98. The molecule has 4 heteroatoms. The van der Waals surface area contributed by atoms with Gasteiger partial charge in [0, 0.05) is 29.5 Å². The fraction of sp³-hybridized carbons (Fsp3) is 0.231. The van der Waals surface area contributed by atoms with Crippen LogP contribution in [0.2, 0.25) is 5.02 Å². The third-order valence-electron chi connectivity index (χ3n) is 2.96. The van der Waals surface area contributed by atoms with Crippen LogP contribution in [0.5, 0.6) is 0 Å². The van der Waals surface area contributed by atoms with Crippen LogP contribution in [-0.2, 0) is 12.8 Å². The molecule has 1 aromatic heterocycles. The maximum atomic E-state index is 5.98. The number of anilines is 1. The summed E-state index contributed by atoms with van der Waals surface area (Å²) in [4.78, 5) is 8.24. The first kappa shape index (κ1) is 10.5. The summed E-state index contributed by atoms with van der Waals surface area (Å²) in [5.41, 5.74) is 2.67. The number of fused-ring (bicyclic) bond motifs is 1. The predicted octanol–water partition coefficient (Wildman–Crippen LogP) is 2.51. The van der Waals surface area contributed by atoms with Crippen LogP contribution in [0.1, 0.15) is 11.1 Å². The minimum absolute atomic E-state index is 0.353. The second kappa shape index (κ2) is 4.34. The van der Waals surface area contributed by atoms with Crippen molar-refractivity contribution in [2.24, 2.45) is 0 Å². The van der Waals surface area contributed by atoms with Gasteiger partial charge in [-0.2, -0.15) is 0 Å². The average Bonchev–Trinajstić information content (AvgIpc) is 2.71. The van der Waals surface area contributed by atoms with Crippen LogP contribution in [0, 0.1) is 6.07 Å². The highest BCUT2D eigenvalue weighted by atomic mass is 35.5. The van der Waals surface area contributed by atoms with E-state index in [1.165, 1.54) is 11.1 Å². The molecule has 0 saturated carbocycles. The molecule has 3 rings (SSSR count). The van der Waals surface area contributed by atoms with Gasteiger partial charge in [-0.25, -0.2) is 9.97 Å². The number of rotatable bonds is 2. The summed E-state index contributed by atoms with van der Waals surface area (Å²) in [7, 11) is 0. The average molecular weight is 245 g/mol. The molecule has 0 aliphatic heterocycles. The van der Waals surface area contributed by atoms with E-state index in [4.69, 9.17) is 11.6 Å². The first-order valence-electron chi connectivity index (χ1n) is 5.53. The number of nitrogens with one attached hydrogen (secondary N) is 1. The summed E-state index contributed by atoms with van der Waals surface area (Å²) in [6, 6.07) is 9.23. The smallest absolute Gasteiger partial charge is 0.222 e. The molecule has 0 bridgehead atoms. The number of hydrogen-bond acceptors (Lipinski definition) is 3. The van der Waals surface area contributed by atoms with E-state index < -0.39 is 0 Å². The minimum Gasteiger partial charge on any atom is -0.351 e. The van der Waals surface area contributed by atoms with Crippen LogP contribution in [0.25, 0.3) is 0 Å². The van der Waals surface area contributed by atoms with Gasteiger partial charge in [-0.05, 0) is 36.1 Å². The molecule has 1 aromatic carbocycles. The Morgan fingerprint density at radius 2 is 1.94 bits per heavy atom. The van der Waals surface area contributed by atoms with E-state index in [0.29, 0.717) is 12.0 Å². The molecule has 1 heterocycles. The first-order valence-corrected chi connectivity index (χ1v) is 5.91. The highest BCUT2D eigenvalue weighted by molar-refractivity contribution is 6.30. The SMILES string of the molecule is Clc1ccc2c(c1)C[C@H](Nc1nc[c]cn1)C2. The molecule has 1 aliphatic rings. The number of aromatic nitrogens is 2. The van der Waals surface area contributed by atoms with Crippen molar-refractivity contribution in [2.75, 3.05) is 5.32 Å². The zero-order valence-electron chi connectivity index (χ0n) is 9.15. The molecule has 0 spiro atoms. The molecule has 2 aromatic rings.